The lowest BCUT2D eigenvalue weighted by Gasteiger charge is -2.48. The number of fused-ring (bicyclic) bond motifs is 3. The third kappa shape index (κ3) is 1.27. The van der Waals surface area contributed by atoms with E-state index in [9.17, 15) is 4.39 Å². The first-order valence-electron chi connectivity index (χ1n) is 4.54. The molecule has 74 valence electrons. The molecule has 0 aromatic rings. The van der Waals surface area contributed by atoms with E-state index in [0.717, 1.165) is 13.1 Å². The molecule has 0 spiro atoms. The molecule has 3 N–H and O–H groups in total. The second kappa shape index (κ2) is 2.83. The zero-order chi connectivity index (χ0) is 9.47. The van der Waals surface area contributed by atoms with Crippen LogP contribution in [0.1, 0.15) is 12.8 Å². The first-order valence-corrected chi connectivity index (χ1v) is 4.54. The van der Waals surface area contributed by atoms with Crippen molar-refractivity contribution in [3.63, 3.8) is 0 Å². The standard InChI is InChI=1S/C8H14FN3O/c9-8-1-3-12(4-2-8)5-6(8)7(10)11-13/h6,13H,1-5H2,(H2,10,11)/t6-/m1/s1. The second-order valence-electron chi connectivity index (χ2n) is 3.91. The number of amidine groups is 1. The molecular formula is C8H14FN3O. The Balaban J connectivity index is 2.21. The summed E-state index contributed by atoms with van der Waals surface area (Å²) in [6.07, 6.45) is 1.02. The molecule has 3 aliphatic rings. The average molecular weight is 187 g/mol. The third-order valence-corrected chi connectivity index (χ3v) is 3.23. The van der Waals surface area contributed by atoms with E-state index in [2.05, 4.69) is 10.1 Å². The lowest BCUT2D eigenvalue weighted by molar-refractivity contribution is -0.0345. The van der Waals surface area contributed by atoms with Crippen LogP contribution < -0.4 is 5.73 Å². The zero-order valence-electron chi connectivity index (χ0n) is 7.41. The fourth-order valence-corrected chi connectivity index (χ4v) is 2.31. The van der Waals surface area contributed by atoms with E-state index in [1.165, 1.54) is 0 Å². The van der Waals surface area contributed by atoms with Gasteiger partial charge < -0.3 is 15.8 Å². The minimum absolute atomic E-state index is 0.0342. The number of oxime groups is 1. The molecule has 0 aromatic carbocycles. The molecule has 2 bridgehead atoms. The first kappa shape index (κ1) is 8.74. The van der Waals surface area contributed by atoms with E-state index >= 15 is 0 Å². The zero-order valence-corrected chi connectivity index (χ0v) is 7.41. The van der Waals surface area contributed by atoms with E-state index in [4.69, 9.17) is 10.9 Å². The minimum Gasteiger partial charge on any atom is -0.409 e. The van der Waals surface area contributed by atoms with Gasteiger partial charge in [-0.25, -0.2) is 4.39 Å². The Kier molecular flexibility index (Phi) is 1.91. The molecule has 0 aliphatic carbocycles. The molecule has 0 aromatic heterocycles. The summed E-state index contributed by atoms with van der Waals surface area (Å²) in [5, 5.41) is 11.4. The summed E-state index contributed by atoms with van der Waals surface area (Å²) < 4.78 is 14.1. The number of nitrogens with zero attached hydrogens (tertiary/aromatic N) is 2. The number of piperidine rings is 3. The fourth-order valence-electron chi connectivity index (χ4n) is 2.31. The van der Waals surface area contributed by atoms with Crippen LogP contribution in [0.5, 0.6) is 0 Å². The van der Waals surface area contributed by atoms with Gasteiger partial charge in [-0.3, -0.25) is 0 Å². The smallest absolute Gasteiger partial charge is 0.146 e. The summed E-state index contributed by atoms with van der Waals surface area (Å²) in [5.41, 5.74) is 4.22. The monoisotopic (exact) mass is 187 g/mol. The lowest BCUT2D eigenvalue weighted by Crippen LogP contribution is -2.60. The maximum absolute atomic E-state index is 14.1. The van der Waals surface area contributed by atoms with Crippen molar-refractivity contribution in [3.8, 4) is 0 Å². The van der Waals surface area contributed by atoms with Crippen LogP contribution in [-0.2, 0) is 0 Å². The summed E-state index contributed by atoms with van der Waals surface area (Å²) in [4.78, 5) is 2.16. The molecule has 3 rings (SSSR count). The van der Waals surface area contributed by atoms with Crippen LogP contribution in [0.15, 0.2) is 5.16 Å². The molecule has 0 saturated carbocycles. The molecular weight excluding hydrogens is 173 g/mol. The predicted octanol–water partition coefficient (Wildman–Crippen LogP) is 0.167. The van der Waals surface area contributed by atoms with Crippen molar-refractivity contribution in [3.05, 3.63) is 0 Å². The Morgan fingerprint density at radius 3 is 2.62 bits per heavy atom. The summed E-state index contributed by atoms with van der Waals surface area (Å²) in [6.45, 7) is 2.18. The van der Waals surface area contributed by atoms with Crippen molar-refractivity contribution in [2.24, 2.45) is 16.8 Å². The van der Waals surface area contributed by atoms with Gasteiger partial charge in [0.05, 0.1) is 5.92 Å². The fraction of sp³-hybridized carbons (Fsp3) is 0.875. The molecule has 13 heavy (non-hydrogen) atoms. The first-order chi connectivity index (χ1) is 6.15. The maximum Gasteiger partial charge on any atom is 0.146 e. The van der Waals surface area contributed by atoms with Crippen LogP contribution in [0.2, 0.25) is 0 Å². The number of rotatable bonds is 1. The highest BCUT2D eigenvalue weighted by atomic mass is 19.1. The Bertz CT molecular complexity index is 236. The molecule has 3 fully saturated rings. The van der Waals surface area contributed by atoms with Gasteiger partial charge in [-0.2, -0.15) is 0 Å². The van der Waals surface area contributed by atoms with E-state index in [1.807, 2.05) is 0 Å². The highest BCUT2D eigenvalue weighted by molar-refractivity contribution is 5.84. The van der Waals surface area contributed by atoms with Crippen LogP contribution in [0.3, 0.4) is 0 Å². The topological polar surface area (TPSA) is 61.9 Å². The highest BCUT2D eigenvalue weighted by Gasteiger charge is 2.49. The third-order valence-electron chi connectivity index (χ3n) is 3.23. The van der Waals surface area contributed by atoms with Gasteiger partial charge >= 0.3 is 0 Å². The Morgan fingerprint density at radius 1 is 1.54 bits per heavy atom. The lowest BCUT2D eigenvalue weighted by atomic mass is 9.75. The Labute approximate surface area is 76.2 Å². The van der Waals surface area contributed by atoms with Crippen molar-refractivity contribution in [2.45, 2.75) is 18.5 Å². The quantitative estimate of drug-likeness (QED) is 0.266. The van der Waals surface area contributed by atoms with Gasteiger partial charge in [-0.15, -0.1) is 0 Å². The van der Waals surface area contributed by atoms with Gasteiger partial charge in [0.2, 0.25) is 0 Å². The summed E-state index contributed by atoms with van der Waals surface area (Å²) in [6, 6.07) is 0. The molecule has 0 unspecified atom stereocenters. The van der Waals surface area contributed by atoms with E-state index in [-0.39, 0.29) is 5.84 Å². The van der Waals surface area contributed by atoms with Crippen molar-refractivity contribution >= 4 is 5.84 Å². The summed E-state index contributed by atoms with van der Waals surface area (Å²) >= 11 is 0. The van der Waals surface area contributed by atoms with Crippen LogP contribution in [0.4, 0.5) is 4.39 Å². The van der Waals surface area contributed by atoms with E-state index in [1.54, 1.807) is 0 Å². The van der Waals surface area contributed by atoms with Crippen molar-refractivity contribution in [1.82, 2.24) is 4.90 Å². The molecule has 3 aliphatic heterocycles. The van der Waals surface area contributed by atoms with Gasteiger partial charge in [0.1, 0.15) is 11.5 Å². The largest absolute Gasteiger partial charge is 0.409 e. The van der Waals surface area contributed by atoms with Crippen molar-refractivity contribution < 1.29 is 9.60 Å². The highest BCUT2D eigenvalue weighted by Crippen LogP contribution is 2.39. The molecule has 0 radical (unpaired) electrons. The molecule has 4 nitrogen and oxygen atoms in total. The Morgan fingerprint density at radius 2 is 2.15 bits per heavy atom. The van der Waals surface area contributed by atoms with E-state index in [0.29, 0.717) is 19.4 Å². The summed E-state index contributed by atoms with van der Waals surface area (Å²) in [7, 11) is 0. The van der Waals surface area contributed by atoms with Gasteiger partial charge in [0.25, 0.3) is 0 Å². The Hall–Kier alpha value is -0.840. The second-order valence-corrected chi connectivity index (χ2v) is 3.91. The van der Waals surface area contributed by atoms with Crippen LogP contribution in [0.25, 0.3) is 0 Å². The SMILES string of the molecule is N/C(=N\O)[C@H]1CN2CCC1(F)CC2. The summed E-state index contributed by atoms with van der Waals surface area (Å²) in [5.74, 6) is -0.383. The molecule has 0 amide bonds. The van der Waals surface area contributed by atoms with Crippen LogP contribution in [0, 0.1) is 5.92 Å². The number of halogens is 1. The average Bonchev–Trinajstić information content (AvgIpc) is 2.17. The minimum atomic E-state index is -1.23. The number of hydrogen-bond acceptors (Lipinski definition) is 3. The van der Waals surface area contributed by atoms with Crippen molar-refractivity contribution in [1.29, 1.82) is 0 Å². The van der Waals surface area contributed by atoms with Crippen molar-refractivity contribution in [2.75, 3.05) is 19.6 Å². The van der Waals surface area contributed by atoms with Crippen LogP contribution in [-0.4, -0.2) is 41.2 Å². The van der Waals surface area contributed by atoms with Gasteiger partial charge in [0.15, 0.2) is 0 Å². The normalized spacial score (nSPS) is 45.2. The molecule has 3 heterocycles. The number of alkyl halides is 1. The number of hydrogen-bond donors (Lipinski definition) is 2. The van der Waals surface area contributed by atoms with Gasteiger partial charge in [-0.05, 0) is 12.8 Å². The molecule has 1 atom stereocenters. The molecule has 5 heteroatoms. The number of nitrogens with two attached hydrogens (primary N) is 1. The van der Waals surface area contributed by atoms with Gasteiger partial charge in [-0.1, -0.05) is 5.16 Å². The maximum atomic E-state index is 14.1. The van der Waals surface area contributed by atoms with E-state index < -0.39 is 11.6 Å². The molecule has 3 saturated heterocycles. The van der Waals surface area contributed by atoms with Crippen LogP contribution >= 0.6 is 0 Å². The van der Waals surface area contributed by atoms with Gasteiger partial charge in [0, 0.05) is 19.6 Å². The predicted molar refractivity (Wildman–Crippen MR) is 46.4 cm³/mol.